The molecule has 114 valence electrons. The summed E-state index contributed by atoms with van der Waals surface area (Å²) in [6.07, 6.45) is 2.43. The number of carbonyl (C=O) groups excluding carboxylic acids is 1. The van der Waals surface area contributed by atoms with Gasteiger partial charge in [0.05, 0.1) is 11.3 Å². The number of urea groups is 1. The Labute approximate surface area is 140 Å². The van der Waals surface area contributed by atoms with Crippen molar-refractivity contribution >= 4 is 49.5 Å². The van der Waals surface area contributed by atoms with Gasteiger partial charge in [-0.3, -0.25) is 0 Å². The zero-order valence-corrected chi connectivity index (χ0v) is 14.7. The number of anilines is 1. The molecular formula is C14H16Br2N2O3. The minimum absolute atomic E-state index is 0.0136. The molecule has 0 fully saturated rings. The maximum Gasteiger partial charge on any atom is 0.337 e. The van der Waals surface area contributed by atoms with Gasteiger partial charge in [-0.15, -0.1) is 6.58 Å². The van der Waals surface area contributed by atoms with Gasteiger partial charge in [0.15, 0.2) is 0 Å². The second-order valence-electron chi connectivity index (χ2n) is 4.28. The molecule has 1 aromatic rings. The van der Waals surface area contributed by atoms with E-state index in [1.807, 2.05) is 6.92 Å². The Balaban J connectivity index is 3.08. The van der Waals surface area contributed by atoms with E-state index < -0.39 is 5.97 Å². The van der Waals surface area contributed by atoms with Crippen LogP contribution in [-0.2, 0) is 0 Å². The smallest absolute Gasteiger partial charge is 0.337 e. The SMILES string of the molecule is C=CCN(CCC)C(=O)Nc1c(Br)cc(Br)cc1C(=O)O. The van der Waals surface area contributed by atoms with Crippen LogP contribution in [0.1, 0.15) is 23.7 Å². The lowest BCUT2D eigenvalue weighted by atomic mass is 10.2. The molecule has 21 heavy (non-hydrogen) atoms. The summed E-state index contributed by atoms with van der Waals surface area (Å²) < 4.78 is 1.11. The molecule has 0 heterocycles. The molecule has 0 saturated carbocycles. The van der Waals surface area contributed by atoms with Gasteiger partial charge in [0, 0.05) is 22.0 Å². The highest BCUT2D eigenvalue weighted by atomic mass is 79.9. The Hall–Kier alpha value is -1.34. The Morgan fingerprint density at radius 3 is 2.62 bits per heavy atom. The molecule has 2 amide bonds. The molecule has 5 nitrogen and oxygen atoms in total. The number of rotatable bonds is 6. The van der Waals surface area contributed by atoms with Crippen LogP contribution in [0.3, 0.4) is 0 Å². The number of amides is 2. The fourth-order valence-electron chi connectivity index (χ4n) is 1.76. The maximum atomic E-state index is 12.2. The third-order valence-corrected chi connectivity index (χ3v) is 3.73. The Bertz CT molecular complexity index is 561. The molecule has 0 aromatic heterocycles. The first-order valence-corrected chi connectivity index (χ1v) is 7.88. The van der Waals surface area contributed by atoms with E-state index in [-0.39, 0.29) is 17.3 Å². The molecule has 0 aliphatic rings. The van der Waals surface area contributed by atoms with Gasteiger partial charge in [-0.05, 0) is 34.5 Å². The number of carboxylic acid groups (broad SMARTS) is 1. The van der Waals surface area contributed by atoms with Crippen LogP contribution in [0.5, 0.6) is 0 Å². The van der Waals surface area contributed by atoms with Crippen LogP contribution in [0, 0.1) is 0 Å². The number of halogens is 2. The lowest BCUT2D eigenvalue weighted by Crippen LogP contribution is -2.36. The first-order valence-electron chi connectivity index (χ1n) is 6.29. The van der Waals surface area contributed by atoms with Gasteiger partial charge in [-0.2, -0.15) is 0 Å². The van der Waals surface area contributed by atoms with Crippen LogP contribution < -0.4 is 5.32 Å². The number of benzene rings is 1. The number of carboxylic acids is 1. The largest absolute Gasteiger partial charge is 0.478 e. The number of nitrogens with zero attached hydrogens (tertiary/aromatic N) is 1. The van der Waals surface area contributed by atoms with Crippen molar-refractivity contribution in [1.82, 2.24) is 4.90 Å². The van der Waals surface area contributed by atoms with Crippen molar-refractivity contribution in [3.8, 4) is 0 Å². The molecule has 0 radical (unpaired) electrons. The number of aromatic carboxylic acids is 1. The summed E-state index contributed by atoms with van der Waals surface area (Å²) in [5.74, 6) is -1.11. The van der Waals surface area contributed by atoms with Gasteiger partial charge in [0.2, 0.25) is 0 Å². The maximum absolute atomic E-state index is 12.2. The molecule has 0 saturated heterocycles. The molecule has 1 rings (SSSR count). The zero-order valence-electron chi connectivity index (χ0n) is 11.5. The summed E-state index contributed by atoms with van der Waals surface area (Å²) in [7, 11) is 0. The lowest BCUT2D eigenvalue weighted by molar-refractivity contribution is 0.0698. The third kappa shape index (κ3) is 4.86. The Kier molecular flexibility index (Phi) is 6.91. The fraction of sp³-hybridized carbons (Fsp3) is 0.286. The quantitative estimate of drug-likeness (QED) is 0.673. The molecule has 0 bridgehead atoms. The van der Waals surface area contributed by atoms with Crippen LogP contribution in [0.4, 0.5) is 10.5 Å². The van der Waals surface area contributed by atoms with Gasteiger partial charge in [-0.25, -0.2) is 9.59 Å². The number of nitrogens with one attached hydrogen (secondary N) is 1. The zero-order chi connectivity index (χ0) is 16.0. The minimum atomic E-state index is -1.11. The normalized spacial score (nSPS) is 10.0. The van der Waals surface area contributed by atoms with E-state index in [0.29, 0.717) is 22.0 Å². The Morgan fingerprint density at radius 1 is 1.43 bits per heavy atom. The van der Waals surface area contributed by atoms with Crippen molar-refractivity contribution in [3.63, 3.8) is 0 Å². The average Bonchev–Trinajstić information content (AvgIpc) is 2.40. The standard InChI is InChI=1S/C14H16Br2N2O3/c1-3-5-18(6-4-2)14(21)17-12-10(13(19)20)7-9(15)8-11(12)16/h3,7-8H,1,4-6H2,2H3,(H,17,21)(H,19,20). The molecule has 0 atom stereocenters. The van der Waals surface area contributed by atoms with Crippen LogP contribution in [0.2, 0.25) is 0 Å². The van der Waals surface area contributed by atoms with E-state index in [4.69, 9.17) is 0 Å². The van der Waals surface area contributed by atoms with Gasteiger partial charge in [0.1, 0.15) is 0 Å². The van der Waals surface area contributed by atoms with E-state index in [1.54, 1.807) is 17.0 Å². The summed E-state index contributed by atoms with van der Waals surface area (Å²) in [6, 6.07) is 2.77. The second kappa shape index (κ2) is 8.19. The summed E-state index contributed by atoms with van der Waals surface area (Å²) in [5, 5.41) is 11.9. The molecule has 1 aromatic carbocycles. The van der Waals surface area contributed by atoms with Gasteiger partial charge in [0.25, 0.3) is 0 Å². The van der Waals surface area contributed by atoms with Crippen molar-refractivity contribution in [2.24, 2.45) is 0 Å². The van der Waals surface area contributed by atoms with Crippen molar-refractivity contribution < 1.29 is 14.7 Å². The van der Waals surface area contributed by atoms with Crippen LogP contribution in [-0.4, -0.2) is 35.1 Å². The highest BCUT2D eigenvalue weighted by Gasteiger charge is 2.19. The molecule has 0 aliphatic carbocycles. The van der Waals surface area contributed by atoms with Crippen molar-refractivity contribution in [1.29, 1.82) is 0 Å². The highest BCUT2D eigenvalue weighted by Crippen LogP contribution is 2.31. The highest BCUT2D eigenvalue weighted by molar-refractivity contribution is 9.11. The predicted octanol–water partition coefficient (Wildman–Crippen LogP) is 4.34. The Morgan fingerprint density at radius 2 is 2.10 bits per heavy atom. The first kappa shape index (κ1) is 17.7. The third-order valence-electron chi connectivity index (χ3n) is 2.65. The summed E-state index contributed by atoms with van der Waals surface area (Å²) in [5.41, 5.74) is 0.250. The van der Waals surface area contributed by atoms with Crippen LogP contribution in [0.15, 0.2) is 33.7 Å². The molecule has 7 heteroatoms. The number of hydrogen-bond donors (Lipinski definition) is 2. The fourth-order valence-corrected chi connectivity index (χ4v) is 3.08. The van der Waals surface area contributed by atoms with Crippen LogP contribution >= 0.6 is 31.9 Å². The predicted molar refractivity (Wildman–Crippen MR) is 89.9 cm³/mol. The monoisotopic (exact) mass is 418 g/mol. The molecule has 0 unspecified atom stereocenters. The van der Waals surface area contributed by atoms with Crippen LogP contribution in [0.25, 0.3) is 0 Å². The molecule has 2 N–H and O–H groups in total. The topological polar surface area (TPSA) is 69.6 Å². The van der Waals surface area contributed by atoms with E-state index in [2.05, 4.69) is 43.8 Å². The van der Waals surface area contributed by atoms with E-state index in [1.165, 1.54) is 6.07 Å². The molecular weight excluding hydrogens is 404 g/mol. The summed E-state index contributed by atoms with van der Waals surface area (Å²) in [4.78, 5) is 25.1. The van der Waals surface area contributed by atoms with Crippen molar-refractivity contribution in [2.75, 3.05) is 18.4 Å². The van der Waals surface area contributed by atoms with Gasteiger partial charge >= 0.3 is 12.0 Å². The number of hydrogen-bond acceptors (Lipinski definition) is 2. The summed E-state index contributed by atoms with van der Waals surface area (Å²) in [6.45, 7) is 6.54. The summed E-state index contributed by atoms with van der Waals surface area (Å²) >= 11 is 6.51. The lowest BCUT2D eigenvalue weighted by Gasteiger charge is -2.22. The molecule has 0 aliphatic heterocycles. The number of carbonyl (C=O) groups is 2. The van der Waals surface area contributed by atoms with Crippen molar-refractivity contribution in [2.45, 2.75) is 13.3 Å². The van der Waals surface area contributed by atoms with E-state index in [0.717, 1.165) is 6.42 Å². The van der Waals surface area contributed by atoms with Crippen molar-refractivity contribution in [3.05, 3.63) is 39.3 Å². The van der Waals surface area contributed by atoms with E-state index in [9.17, 15) is 14.7 Å². The average molecular weight is 420 g/mol. The first-order chi connectivity index (χ1) is 9.90. The minimum Gasteiger partial charge on any atom is -0.478 e. The van der Waals surface area contributed by atoms with E-state index >= 15 is 0 Å². The van der Waals surface area contributed by atoms with Gasteiger partial charge in [-0.1, -0.05) is 28.9 Å². The van der Waals surface area contributed by atoms with Gasteiger partial charge < -0.3 is 15.3 Å². The molecule has 0 spiro atoms. The second-order valence-corrected chi connectivity index (χ2v) is 6.05.